The first-order valence-electron chi connectivity index (χ1n) is 12.0. The monoisotopic (exact) mass is 411 g/mol. The Hall–Kier alpha value is -0.810. The van der Waals surface area contributed by atoms with E-state index in [1.807, 2.05) is 13.8 Å². The fourth-order valence-electron chi connectivity index (χ4n) is 4.09. The van der Waals surface area contributed by atoms with Crippen LogP contribution in [-0.2, 0) is 9.47 Å². The topological polar surface area (TPSA) is 87.5 Å². The van der Waals surface area contributed by atoms with Crippen molar-refractivity contribution in [1.82, 2.24) is 0 Å². The van der Waals surface area contributed by atoms with Gasteiger partial charge in [-0.05, 0) is 32.2 Å². The van der Waals surface area contributed by atoms with Crippen LogP contribution in [0.15, 0.2) is 5.11 Å². The van der Waals surface area contributed by atoms with Gasteiger partial charge in [0, 0.05) is 11.5 Å². The van der Waals surface area contributed by atoms with Crippen LogP contribution in [0.2, 0.25) is 0 Å². The number of rotatable bonds is 16. The molecule has 0 aromatic rings. The Kier molecular flexibility index (Phi) is 14.4. The Morgan fingerprint density at radius 3 is 2.07 bits per heavy atom. The molecule has 0 aromatic heterocycles. The summed E-state index contributed by atoms with van der Waals surface area (Å²) in [7, 11) is 0. The Morgan fingerprint density at radius 1 is 1.00 bits per heavy atom. The van der Waals surface area contributed by atoms with Crippen molar-refractivity contribution in [2.45, 2.75) is 135 Å². The van der Waals surface area contributed by atoms with Crippen LogP contribution in [-0.4, -0.2) is 42.2 Å². The van der Waals surface area contributed by atoms with Gasteiger partial charge in [-0.3, -0.25) is 0 Å². The highest BCUT2D eigenvalue weighted by Gasteiger charge is 2.37. The lowest BCUT2D eigenvalue weighted by atomic mass is 9.98. The molecule has 0 spiro atoms. The summed E-state index contributed by atoms with van der Waals surface area (Å²) < 4.78 is 12.3. The molecule has 6 heteroatoms. The van der Waals surface area contributed by atoms with E-state index >= 15 is 0 Å². The molecule has 0 aromatic carbocycles. The van der Waals surface area contributed by atoms with E-state index < -0.39 is 6.04 Å². The maximum atomic E-state index is 9.66. The van der Waals surface area contributed by atoms with Crippen LogP contribution >= 0.6 is 0 Å². The van der Waals surface area contributed by atoms with E-state index in [4.69, 9.17) is 15.0 Å². The van der Waals surface area contributed by atoms with Gasteiger partial charge in [0.15, 0.2) is 0 Å². The minimum absolute atomic E-state index is 0.123. The molecule has 1 aliphatic rings. The van der Waals surface area contributed by atoms with Gasteiger partial charge in [0.25, 0.3) is 0 Å². The highest BCUT2D eigenvalue weighted by molar-refractivity contribution is 4.89. The fraction of sp³-hybridized carbons (Fsp3) is 1.00. The van der Waals surface area contributed by atoms with Crippen molar-refractivity contribution in [3.8, 4) is 0 Å². The highest BCUT2D eigenvalue weighted by atomic mass is 16.6. The molecule has 1 N–H and O–H groups in total. The molecule has 1 saturated heterocycles. The zero-order chi connectivity index (χ0) is 21.4. The van der Waals surface area contributed by atoms with Gasteiger partial charge in [0.1, 0.15) is 0 Å². The SMILES string of the molecule is CCCCCCCCCCCCCC[C@H]1OCCC(C)(C)O[C@H]1[C@H](CO)N=[N+]=[N-]. The van der Waals surface area contributed by atoms with Crippen LogP contribution in [0.4, 0.5) is 0 Å². The number of ether oxygens (including phenoxy) is 2. The van der Waals surface area contributed by atoms with Crippen molar-refractivity contribution >= 4 is 0 Å². The lowest BCUT2D eigenvalue weighted by Gasteiger charge is -2.33. The Labute approximate surface area is 178 Å². The number of nitrogens with zero attached hydrogens (tertiary/aromatic N) is 3. The molecule has 170 valence electrons. The number of azide groups is 1. The fourth-order valence-corrected chi connectivity index (χ4v) is 4.09. The van der Waals surface area contributed by atoms with Gasteiger partial charge in [-0.1, -0.05) is 89.1 Å². The molecule has 3 atom stereocenters. The van der Waals surface area contributed by atoms with E-state index in [9.17, 15) is 5.11 Å². The number of hydrogen-bond acceptors (Lipinski definition) is 4. The minimum atomic E-state index is -0.597. The van der Waals surface area contributed by atoms with Gasteiger partial charge in [0.05, 0.1) is 30.5 Å². The highest BCUT2D eigenvalue weighted by Crippen LogP contribution is 2.29. The third-order valence-corrected chi connectivity index (χ3v) is 5.97. The van der Waals surface area contributed by atoms with Crippen LogP contribution in [0.25, 0.3) is 10.4 Å². The number of aliphatic hydroxyl groups excluding tert-OH is 1. The van der Waals surface area contributed by atoms with Gasteiger partial charge in [-0.2, -0.15) is 0 Å². The maximum Gasteiger partial charge on any atom is 0.0950 e. The molecule has 0 unspecified atom stereocenters. The summed E-state index contributed by atoms with van der Waals surface area (Å²) in [6.45, 7) is 6.74. The Balaban J connectivity index is 2.25. The van der Waals surface area contributed by atoms with E-state index in [0.29, 0.717) is 6.61 Å². The summed E-state index contributed by atoms with van der Waals surface area (Å²) in [5.74, 6) is 0. The van der Waals surface area contributed by atoms with Gasteiger partial charge < -0.3 is 14.6 Å². The zero-order valence-electron chi connectivity index (χ0n) is 19.2. The Morgan fingerprint density at radius 2 is 1.55 bits per heavy atom. The first-order chi connectivity index (χ1) is 14.0. The van der Waals surface area contributed by atoms with Crippen LogP contribution in [0.3, 0.4) is 0 Å². The molecule has 0 bridgehead atoms. The molecule has 0 aliphatic carbocycles. The molecule has 1 rings (SSSR count). The van der Waals surface area contributed by atoms with E-state index in [1.54, 1.807) is 0 Å². The minimum Gasteiger partial charge on any atom is -0.396 e. The average Bonchev–Trinajstić information content (AvgIpc) is 2.84. The van der Waals surface area contributed by atoms with Crippen LogP contribution < -0.4 is 0 Å². The number of hydrogen-bond donors (Lipinski definition) is 1. The first-order valence-corrected chi connectivity index (χ1v) is 12.0. The molecular formula is C23H45N3O3. The quantitative estimate of drug-likeness (QED) is 0.133. The maximum absolute atomic E-state index is 9.66. The van der Waals surface area contributed by atoms with Crippen molar-refractivity contribution < 1.29 is 14.6 Å². The summed E-state index contributed by atoms with van der Waals surface area (Å²) >= 11 is 0. The van der Waals surface area contributed by atoms with E-state index in [-0.39, 0.29) is 24.4 Å². The standard InChI is InChI=1S/C23H45N3O3/c1-4-5-6-7-8-9-10-11-12-13-14-15-16-21-22(20(19-27)25-26-24)29-23(2,3)17-18-28-21/h20-22,27H,4-19H2,1-3H3/t20-,21+,22-/m0/s1. The molecule has 0 saturated carbocycles. The van der Waals surface area contributed by atoms with Gasteiger partial charge in [0.2, 0.25) is 0 Å². The summed E-state index contributed by atoms with van der Waals surface area (Å²) in [6.07, 6.45) is 17.0. The van der Waals surface area contributed by atoms with Gasteiger partial charge >= 0.3 is 0 Å². The largest absolute Gasteiger partial charge is 0.396 e. The lowest BCUT2D eigenvalue weighted by Crippen LogP contribution is -2.44. The molecule has 0 radical (unpaired) electrons. The molecular weight excluding hydrogens is 366 g/mol. The van der Waals surface area contributed by atoms with Crippen molar-refractivity contribution in [3.05, 3.63) is 10.4 Å². The van der Waals surface area contributed by atoms with Gasteiger partial charge in [-0.25, -0.2) is 0 Å². The second-order valence-electron chi connectivity index (χ2n) is 9.13. The number of unbranched alkanes of at least 4 members (excludes halogenated alkanes) is 11. The van der Waals surface area contributed by atoms with Crippen molar-refractivity contribution in [2.75, 3.05) is 13.2 Å². The summed E-state index contributed by atoms with van der Waals surface area (Å²) in [5.41, 5.74) is 8.49. The summed E-state index contributed by atoms with van der Waals surface area (Å²) in [4.78, 5) is 2.89. The Bertz CT molecular complexity index is 453. The smallest absolute Gasteiger partial charge is 0.0950 e. The second-order valence-corrected chi connectivity index (χ2v) is 9.13. The lowest BCUT2D eigenvalue weighted by molar-refractivity contribution is -0.113. The molecule has 29 heavy (non-hydrogen) atoms. The second kappa shape index (κ2) is 16.0. The molecule has 0 amide bonds. The average molecular weight is 412 g/mol. The van der Waals surface area contributed by atoms with Crippen molar-refractivity contribution in [2.24, 2.45) is 5.11 Å². The summed E-state index contributed by atoms with van der Waals surface area (Å²) in [5, 5.41) is 13.4. The number of aliphatic hydroxyl groups is 1. The van der Waals surface area contributed by atoms with Crippen LogP contribution in [0.5, 0.6) is 0 Å². The predicted octanol–water partition coefficient (Wildman–Crippen LogP) is 6.70. The van der Waals surface area contributed by atoms with E-state index in [0.717, 1.165) is 19.3 Å². The van der Waals surface area contributed by atoms with Crippen molar-refractivity contribution in [3.63, 3.8) is 0 Å². The molecule has 1 aliphatic heterocycles. The molecule has 1 heterocycles. The third kappa shape index (κ3) is 11.8. The van der Waals surface area contributed by atoms with E-state index in [2.05, 4.69) is 16.9 Å². The first kappa shape index (κ1) is 26.2. The molecule has 6 nitrogen and oxygen atoms in total. The van der Waals surface area contributed by atoms with Crippen LogP contribution in [0, 0.1) is 0 Å². The predicted molar refractivity (Wildman–Crippen MR) is 119 cm³/mol. The zero-order valence-corrected chi connectivity index (χ0v) is 19.2. The van der Waals surface area contributed by atoms with E-state index in [1.165, 1.54) is 70.6 Å². The van der Waals surface area contributed by atoms with Crippen molar-refractivity contribution in [1.29, 1.82) is 0 Å². The van der Waals surface area contributed by atoms with Gasteiger partial charge in [-0.15, -0.1) is 0 Å². The molecule has 1 fully saturated rings. The normalized spacial score (nSPS) is 22.6. The third-order valence-electron chi connectivity index (χ3n) is 5.97. The summed E-state index contributed by atoms with van der Waals surface area (Å²) in [6, 6.07) is -0.597. The van der Waals surface area contributed by atoms with Crippen LogP contribution in [0.1, 0.15) is 111 Å².